The number of nitrogens with zero attached hydrogens (tertiary/aromatic N) is 4. The SMILES string of the molecule is Cc1cc(N2CCN(C(=O)C3CCCCC3)CC2)ncc1[N+](=O)[O-]. The molecule has 1 saturated carbocycles. The van der Waals surface area contributed by atoms with Crippen molar-refractivity contribution in [3.8, 4) is 0 Å². The molecule has 0 radical (unpaired) electrons. The largest absolute Gasteiger partial charge is 0.353 e. The van der Waals surface area contributed by atoms with E-state index in [1.54, 1.807) is 13.0 Å². The molecule has 1 saturated heterocycles. The van der Waals surface area contributed by atoms with Gasteiger partial charge in [0.15, 0.2) is 0 Å². The van der Waals surface area contributed by atoms with Crippen LogP contribution in [0.3, 0.4) is 0 Å². The van der Waals surface area contributed by atoms with Crippen LogP contribution in [0.25, 0.3) is 0 Å². The maximum absolute atomic E-state index is 12.6. The molecule has 24 heavy (non-hydrogen) atoms. The summed E-state index contributed by atoms with van der Waals surface area (Å²) in [5.41, 5.74) is 0.663. The van der Waals surface area contributed by atoms with Gasteiger partial charge in [-0.1, -0.05) is 19.3 Å². The fourth-order valence-electron chi connectivity index (χ4n) is 3.66. The number of carbonyl (C=O) groups excluding carboxylic acids is 1. The Bertz CT molecular complexity index is 620. The average Bonchev–Trinajstić information content (AvgIpc) is 2.61. The molecule has 1 aromatic rings. The van der Waals surface area contributed by atoms with E-state index in [0.29, 0.717) is 24.6 Å². The third kappa shape index (κ3) is 3.49. The highest BCUT2D eigenvalue weighted by atomic mass is 16.6. The lowest BCUT2D eigenvalue weighted by Crippen LogP contribution is -2.50. The van der Waals surface area contributed by atoms with Crippen molar-refractivity contribution >= 4 is 17.4 Å². The minimum atomic E-state index is -0.410. The zero-order chi connectivity index (χ0) is 17.1. The van der Waals surface area contributed by atoms with Gasteiger partial charge in [-0.3, -0.25) is 14.9 Å². The summed E-state index contributed by atoms with van der Waals surface area (Å²) in [6, 6.07) is 1.76. The van der Waals surface area contributed by atoms with Gasteiger partial charge >= 0.3 is 0 Å². The lowest BCUT2D eigenvalue weighted by molar-refractivity contribution is -0.385. The second-order valence-electron chi connectivity index (χ2n) is 6.73. The van der Waals surface area contributed by atoms with Gasteiger partial charge in [0, 0.05) is 37.7 Å². The van der Waals surface area contributed by atoms with Gasteiger partial charge in [0.25, 0.3) is 5.69 Å². The summed E-state index contributed by atoms with van der Waals surface area (Å²) < 4.78 is 0. The third-order valence-corrected chi connectivity index (χ3v) is 5.14. The Morgan fingerprint density at radius 2 is 1.88 bits per heavy atom. The molecule has 1 amide bonds. The minimum Gasteiger partial charge on any atom is -0.353 e. The maximum atomic E-state index is 12.6. The smallest absolute Gasteiger partial charge is 0.290 e. The molecule has 0 aromatic carbocycles. The van der Waals surface area contributed by atoms with Crippen LogP contribution in [0.4, 0.5) is 11.5 Å². The van der Waals surface area contributed by atoms with Gasteiger partial charge in [-0.2, -0.15) is 0 Å². The van der Waals surface area contributed by atoms with Crippen LogP contribution in [0.2, 0.25) is 0 Å². The van der Waals surface area contributed by atoms with Crippen molar-refractivity contribution in [3.63, 3.8) is 0 Å². The molecule has 2 aliphatic rings. The van der Waals surface area contributed by atoms with E-state index in [2.05, 4.69) is 9.88 Å². The molecule has 0 bridgehead atoms. The number of nitro groups is 1. The standard InChI is InChI=1S/C17H24N4O3/c1-13-11-16(18-12-15(13)21(23)24)19-7-9-20(10-8-19)17(22)14-5-3-2-4-6-14/h11-12,14H,2-10H2,1H3. The van der Waals surface area contributed by atoms with Crippen molar-refractivity contribution in [2.24, 2.45) is 5.92 Å². The summed E-state index contributed by atoms with van der Waals surface area (Å²) in [6.07, 6.45) is 6.97. The predicted octanol–water partition coefficient (Wildman–Crippen LogP) is 2.53. The fourth-order valence-corrected chi connectivity index (χ4v) is 3.66. The van der Waals surface area contributed by atoms with Crippen molar-refractivity contribution in [1.29, 1.82) is 0 Å². The molecule has 3 rings (SSSR count). The Labute approximate surface area is 141 Å². The molecule has 1 aromatic heterocycles. The molecule has 0 unspecified atom stereocenters. The Morgan fingerprint density at radius 1 is 1.21 bits per heavy atom. The van der Waals surface area contributed by atoms with E-state index < -0.39 is 4.92 Å². The number of rotatable bonds is 3. The van der Waals surface area contributed by atoms with Gasteiger partial charge in [-0.05, 0) is 25.8 Å². The van der Waals surface area contributed by atoms with Crippen LogP contribution in [0.5, 0.6) is 0 Å². The van der Waals surface area contributed by atoms with Gasteiger partial charge in [0.1, 0.15) is 12.0 Å². The normalized spacial score (nSPS) is 19.4. The highest BCUT2D eigenvalue weighted by Crippen LogP contribution is 2.27. The van der Waals surface area contributed by atoms with E-state index in [9.17, 15) is 14.9 Å². The average molecular weight is 332 g/mol. The second-order valence-corrected chi connectivity index (χ2v) is 6.73. The highest BCUT2D eigenvalue weighted by molar-refractivity contribution is 5.79. The first-order valence-electron chi connectivity index (χ1n) is 8.71. The van der Waals surface area contributed by atoms with Crippen LogP contribution in [0, 0.1) is 23.0 Å². The molecular formula is C17H24N4O3. The monoisotopic (exact) mass is 332 g/mol. The third-order valence-electron chi connectivity index (χ3n) is 5.14. The Balaban J connectivity index is 1.59. The molecule has 130 valence electrons. The molecule has 0 atom stereocenters. The second kappa shape index (κ2) is 7.15. The van der Waals surface area contributed by atoms with E-state index in [0.717, 1.165) is 31.7 Å². The topological polar surface area (TPSA) is 79.6 Å². The zero-order valence-corrected chi connectivity index (χ0v) is 14.1. The first-order chi connectivity index (χ1) is 11.6. The molecule has 1 aliphatic heterocycles. The zero-order valence-electron chi connectivity index (χ0n) is 14.1. The number of aryl methyl sites for hydroxylation is 1. The molecule has 1 aliphatic carbocycles. The summed E-state index contributed by atoms with van der Waals surface area (Å²) in [7, 11) is 0. The summed E-state index contributed by atoms with van der Waals surface area (Å²) in [4.78, 5) is 31.4. The van der Waals surface area contributed by atoms with E-state index >= 15 is 0 Å². The number of hydrogen-bond acceptors (Lipinski definition) is 5. The molecule has 0 N–H and O–H groups in total. The van der Waals surface area contributed by atoms with Crippen LogP contribution in [0.15, 0.2) is 12.3 Å². The highest BCUT2D eigenvalue weighted by Gasteiger charge is 2.29. The molecule has 2 heterocycles. The number of piperazine rings is 1. The van der Waals surface area contributed by atoms with Crippen molar-refractivity contribution in [2.45, 2.75) is 39.0 Å². The number of amides is 1. The summed E-state index contributed by atoms with van der Waals surface area (Å²) in [6.45, 7) is 4.58. The Kier molecular flexibility index (Phi) is 4.97. The molecule has 7 nitrogen and oxygen atoms in total. The lowest BCUT2D eigenvalue weighted by atomic mass is 9.88. The number of carbonyl (C=O) groups is 1. The van der Waals surface area contributed by atoms with Crippen molar-refractivity contribution < 1.29 is 9.72 Å². The van der Waals surface area contributed by atoms with Crippen LogP contribution >= 0.6 is 0 Å². The van der Waals surface area contributed by atoms with Gasteiger partial charge in [0.2, 0.25) is 5.91 Å². The number of hydrogen-bond donors (Lipinski definition) is 0. The number of aromatic nitrogens is 1. The minimum absolute atomic E-state index is 0.0462. The van der Waals surface area contributed by atoms with Gasteiger partial charge in [0.05, 0.1) is 4.92 Å². The summed E-state index contributed by atoms with van der Waals surface area (Å²) in [5.74, 6) is 1.27. The number of anilines is 1. The Hall–Kier alpha value is -2.18. The van der Waals surface area contributed by atoms with Crippen LogP contribution < -0.4 is 4.90 Å². The number of pyridine rings is 1. The fraction of sp³-hybridized carbons (Fsp3) is 0.647. The van der Waals surface area contributed by atoms with Gasteiger partial charge < -0.3 is 9.80 Å². The summed E-state index contributed by atoms with van der Waals surface area (Å²) in [5, 5.41) is 10.9. The van der Waals surface area contributed by atoms with Gasteiger partial charge in [-0.25, -0.2) is 4.98 Å². The van der Waals surface area contributed by atoms with E-state index in [4.69, 9.17) is 0 Å². The van der Waals surface area contributed by atoms with Gasteiger partial charge in [-0.15, -0.1) is 0 Å². The first-order valence-corrected chi connectivity index (χ1v) is 8.71. The quantitative estimate of drug-likeness (QED) is 0.628. The van der Waals surface area contributed by atoms with Crippen LogP contribution in [-0.2, 0) is 4.79 Å². The predicted molar refractivity (Wildman–Crippen MR) is 91.0 cm³/mol. The van der Waals surface area contributed by atoms with Crippen molar-refractivity contribution in [3.05, 3.63) is 27.9 Å². The lowest BCUT2D eigenvalue weighted by Gasteiger charge is -2.37. The molecule has 0 spiro atoms. The maximum Gasteiger partial charge on any atom is 0.290 e. The van der Waals surface area contributed by atoms with Crippen molar-refractivity contribution in [2.75, 3.05) is 31.1 Å². The van der Waals surface area contributed by atoms with Crippen LogP contribution in [-0.4, -0.2) is 46.9 Å². The van der Waals surface area contributed by atoms with E-state index in [-0.39, 0.29) is 11.6 Å². The first kappa shape index (κ1) is 16.7. The molecule has 2 fully saturated rings. The Morgan fingerprint density at radius 3 is 2.46 bits per heavy atom. The van der Waals surface area contributed by atoms with E-state index in [1.165, 1.54) is 25.5 Å². The van der Waals surface area contributed by atoms with Crippen LogP contribution in [0.1, 0.15) is 37.7 Å². The summed E-state index contributed by atoms with van der Waals surface area (Å²) >= 11 is 0. The van der Waals surface area contributed by atoms with Crippen molar-refractivity contribution in [1.82, 2.24) is 9.88 Å². The molecular weight excluding hydrogens is 308 g/mol. The molecule has 7 heteroatoms. The van der Waals surface area contributed by atoms with E-state index in [1.807, 2.05) is 4.90 Å².